The Kier molecular flexibility index (Phi) is 16.4. The molecule has 1 saturated heterocycles. The number of ether oxygens (including phenoxy) is 2. The predicted molar refractivity (Wildman–Crippen MR) is 161 cm³/mol. The Hall–Kier alpha value is -3.71. The number of hydrogen-bond acceptors (Lipinski definition) is 9. The average molecular weight is 626 g/mol. The number of alkyl carbamates (subject to hydrolysis) is 1. The van der Waals surface area contributed by atoms with E-state index in [1.54, 1.807) is 27.7 Å². The van der Waals surface area contributed by atoms with E-state index in [2.05, 4.69) is 21.3 Å². The Labute approximate surface area is 260 Å². The molecule has 2 unspecified atom stereocenters. The molecule has 0 bridgehead atoms. The van der Waals surface area contributed by atoms with Gasteiger partial charge in [0.25, 0.3) is 5.91 Å². The van der Waals surface area contributed by atoms with Crippen molar-refractivity contribution in [3.8, 4) is 0 Å². The second-order valence-corrected chi connectivity index (χ2v) is 11.9. The Morgan fingerprint density at radius 3 is 2.11 bits per heavy atom. The van der Waals surface area contributed by atoms with Gasteiger partial charge in [-0.1, -0.05) is 61.3 Å². The predicted octanol–water partition coefficient (Wildman–Crippen LogP) is 1.06. The molecule has 1 rings (SSSR count). The number of nitrogens with one attached hydrogen (secondary N) is 4. The molecule has 0 aromatic carbocycles. The summed E-state index contributed by atoms with van der Waals surface area (Å²) in [5.74, 6) is -4.74. The van der Waals surface area contributed by atoms with Crippen LogP contribution in [0.15, 0.2) is 0 Å². The number of carbonyl (C=O) groups excluding carboxylic acids is 7. The number of ketones is 1. The molecule has 44 heavy (non-hydrogen) atoms. The van der Waals surface area contributed by atoms with Crippen molar-refractivity contribution in [2.45, 2.75) is 105 Å². The van der Waals surface area contributed by atoms with Crippen molar-refractivity contribution in [2.75, 3.05) is 26.8 Å². The topological polar surface area (TPSA) is 189 Å². The van der Waals surface area contributed by atoms with Gasteiger partial charge in [-0.2, -0.15) is 0 Å². The minimum Gasteiger partial charge on any atom is -0.467 e. The number of Topliss-reactive ketones (excluding diaryl/α,β-unsaturated/α-hetero) is 1. The van der Waals surface area contributed by atoms with Crippen LogP contribution in [0.4, 0.5) is 4.79 Å². The van der Waals surface area contributed by atoms with Crippen LogP contribution in [0.5, 0.6) is 0 Å². The van der Waals surface area contributed by atoms with Crippen LogP contribution in [0, 0.1) is 17.8 Å². The second-order valence-electron chi connectivity index (χ2n) is 11.9. The molecule has 0 saturated carbocycles. The maximum absolute atomic E-state index is 13.5. The van der Waals surface area contributed by atoms with Gasteiger partial charge >= 0.3 is 12.1 Å². The number of amides is 5. The summed E-state index contributed by atoms with van der Waals surface area (Å²) in [7, 11) is 1.21. The van der Waals surface area contributed by atoms with Crippen LogP contribution in [0.25, 0.3) is 0 Å². The fourth-order valence-electron chi connectivity index (χ4n) is 4.66. The van der Waals surface area contributed by atoms with Gasteiger partial charge < -0.3 is 35.6 Å². The highest BCUT2D eigenvalue weighted by molar-refractivity contribution is 6.38. The molecule has 0 aromatic heterocycles. The van der Waals surface area contributed by atoms with Gasteiger partial charge in [0.1, 0.15) is 18.1 Å². The molecule has 1 heterocycles. The van der Waals surface area contributed by atoms with Crippen molar-refractivity contribution in [2.24, 2.45) is 17.8 Å². The quantitative estimate of drug-likeness (QED) is 0.135. The van der Waals surface area contributed by atoms with Crippen LogP contribution in [-0.4, -0.2) is 97.3 Å². The molecule has 5 atom stereocenters. The first kappa shape index (κ1) is 38.3. The smallest absolute Gasteiger partial charge is 0.407 e. The summed E-state index contributed by atoms with van der Waals surface area (Å²) < 4.78 is 9.90. The van der Waals surface area contributed by atoms with Crippen molar-refractivity contribution in [3.05, 3.63) is 0 Å². The molecule has 14 heteroatoms. The number of methoxy groups -OCH3 is 1. The number of carbonyl (C=O) groups is 7. The first-order valence-electron chi connectivity index (χ1n) is 15.4. The van der Waals surface area contributed by atoms with E-state index in [0.717, 1.165) is 0 Å². The van der Waals surface area contributed by atoms with E-state index >= 15 is 0 Å². The Morgan fingerprint density at radius 1 is 0.909 bits per heavy atom. The first-order valence-corrected chi connectivity index (χ1v) is 15.4. The number of rotatable bonds is 17. The molecule has 1 aliphatic heterocycles. The molecule has 1 aliphatic rings. The van der Waals surface area contributed by atoms with E-state index in [-0.39, 0.29) is 37.3 Å². The number of esters is 1. The largest absolute Gasteiger partial charge is 0.467 e. The van der Waals surface area contributed by atoms with Crippen LogP contribution in [0.3, 0.4) is 0 Å². The third-order valence-corrected chi connectivity index (χ3v) is 7.42. The molecular weight excluding hydrogens is 574 g/mol. The normalized spacial score (nSPS) is 17.2. The lowest BCUT2D eigenvalue weighted by Crippen LogP contribution is -2.57. The van der Waals surface area contributed by atoms with Gasteiger partial charge in [0.05, 0.1) is 26.3 Å². The molecule has 0 aliphatic carbocycles. The van der Waals surface area contributed by atoms with Gasteiger partial charge in [-0.25, -0.2) is 9.59 Å². The molecule has 0 radical (unpaired) electrons. The van der Waals surface area contributed by atoms with E-state index in [1.165, 1.54) is 12.0 Å². The van der Waals surface area contributed by atoms with Crippen molar-refractivity contribution >= 4 is 41.5 Å². The summed E-state index contributed by atoms with van der Waals surface area (Å²) in [6, 6.07) is -3.91. The third-order valence-electron chi connectivity index (χ3n) is 7.42. The Morgan fingerprint density at radius 2 is 1.57 bits per heavy atom. The van der Waals surface area contributed by atoms with Gasteiger partial charge in [0.2, 0.25) is 23.5 Å². The van der Waals surface area contributed by atoms with Crippen LogP contribution in [0.2, 0.25) is 0 Å². The molecule has 14 nitrogen and oxygen atoms in total. The summed E-state index contributed by atoms with van der Waals surface area (Å²) >= 11 is 0. The number of nitrogens with zero attached hydrogens (tertiary/aromatic N) is 1. The van der Waals surface area contributed by atoms with Gasteiger partial charge in [-0.3, -0.25) is 24.0 Å². The molecule has 1 fully saturated rings. The molecular formula is C30H51N5O9. The number of hydrogen-bond donors (Lipinski definition) is 4. The highest BCUT2D eigenvalue weighted by atomic mass is 16.5. The van der Waals surface area contributed by atoms with E-state index in [4.69, 9.17) is 9.47 Å². The SMILES string of the molecule is CCCC(NC(=O)C1CCCN1C(=O)[C@@H](NC(=O)OCC(C)C)C(C)C)C(=O)C(=O)NCC(=O)N[C@H](C(=O)OC)[C@H](C)CC. The molecule has 250 valence electrons. The fraction of sp³-hybridized carbons (Fsp3) is 0.767. The zero-order valence-corrected chi connectivity index (χ0v) is 27.3. The van der Waals surface area contributed by atoms with Crippen molar-refractivity contribution < 1.29 is 43.0 Å². The van der Waals surface area contributed by atoms with Crippen molar-refractivity contribution in [3.63, 3.8) is 0 Å². The van der Waals surface area contributed by atoms with E-state index < -0.39 is 72.2 Å². The van der Waals surface area contributed by atoms with Gasteiger partial charge in [0, 0.05) is 6.54 Å². The van der Waals surface area contributed by atoms with E-state index in [9.17, 15) is 33.6 Å². The standard InChI is InChI=1S/C30H51N5O9/c1-9-12-20(25(37)27(39)31-15-22(36)33-24(19(7)10-2)29(41)43-8)32-26(38)21-13-11-14-35(21)28(40)23(18(5)6)34-30(42)44-16-17(3)4/h17-21,23-24H,9-16H2,1-8H3,(H,31,39)(H,32,38)(H,33,36)(H,34,42)/t19-,20?,21?,23+,24+/m1/s1. The monoisotopic (exact) mass is 625 g/mol. The molecule has 0 aromatic rings. The number of likely N-dealkylation sites (tertiary alicyclic amines) is 1. The van der Waals surface area contributed by atoms with Crippen molar-refractivity contribution in [1.29, 1.82) is 0 Å². The second kappa shape index (κ2) is 18.8. The van der Waals surface area contributed by atoms with Crippen LogP contribution in [-0.2, 0) is 38.2 Å². The highest BCUT2D eigenvalue weighted by Crippen LogP contribution is 2.21. The maximum Gasteiger partial charge on any atom is 0.407 e. The first-order chi connectivity index (χ1) is 20.7. The fourth-order valence-corrected chi connectivity index (χ4v) is 4.66. The lowest BCUT2D eigenvalue weighted by Gasteiger charge is -2.31. The zero-order chi connectivity index (χ0) is 33.6. The Bertz CT molecular complexity index is 1030. The molecule has 5 amide bonds. The minimum atomic E-state index is -1.18. The van der Waals surface area contributed by atoms with Crippen molar-refractivity contribution in [1.82, 2.24) is 26.2 Å². The average Bonchev–Trinajstić information content (AvgIpc) is 3.48. The minimum absolute atomic E-state index is 0.118. The van der Waals surface area contributed by atoms with Gasteiger partial charge in [0.15, 0.2) is 0 Å². The molecule has 0 spiro atoms. The highest BCUT2D eigenvalue weighted by Gasteiger charge is 2.40. The van der Waals surface area contributed by atoms with Crippen LogP contribution < -0.4 is 21.3 Å². The van der Waals surface area contributed by atoms with Gasteiger partial charge in [-0.15, -0.1) is 0 Å². The maximum atomic E-state index is 13.5. The van der Waals surface area contributed by atoms with E-state index in [1.807, 2.05) is 20.8 Å². The Balaban J connectivity index is 2.88. The zero-order valence-electron chi connectivity index (χ0n) is 27.3. The third kappa shape index (κ3) is 11.8. The van der Waals surface area contributed by atoms with E-state index in [0.29, 0.717) is 25.7 Å². The van der Waals surface area contributed by atoms with Crippen LogP contribution >= 0.6 is 0 Å². The summed E-state index contributed by atoms with van der Waals surface area (Å²) in [6.07, 6.45) is 1.37. The summed E-state index contributed by atoms with van der Waals surface area (Å²) in [6.45, 7) is 12.6. The molecule has 4 N–H and O–H groups in total. The summed E-state index contributed by atoms with van der Waals surface area (Å²) in [5.41, 5.74) is 0. The lowest BCUT2D eigenvalue weighted by molar-refractivity contribution is -0.146. The van der Waals surface area contributed by atoms with Crippen LogP contribution in [0.1, 0.15) is 80.6 Å². The summed E-state index contributed by atoms with van der Waals surface area (Å²) in [4.78, 5) is 90.6. The lowest BCUT2D eigenvalue weighted by atomic mass is 9.99. The summed E-state index contributed by atoms with van der Waals surface area (Å²) in [5, 5.41) is 9.99. The van der Waals surface area contributed by atoms with Gasteiger partial charge in [-0.05, 0) is 37.0 Å².